The summed E-state index contributed by atoms with van der Waals surface area (Å²) in [5.41, 5.74) is 3.09. The Labute approximate surface area is 189 Å². The van der Waals surface area contributed by atoms with Gasteiger partial charge in [0.05, 0.1) is 34.9 Å². The molecular formula is C21H25ClN4O4S. The lowest BCUT2D eigenvalue weighted by atomic mass is 10.00. The van der Waals surface area contributed by atoms with E-state index in [9.17, 15) is 9.90 Å². The Hall–Kier alpha value is -2.17. The number of anilines is 1. The number of benzene rings is 1. The Morgan fingerprint density at radius 3 is 2.68 bits per heavy atom. The van der Waals surface area contributed by atoms with Gasteiger partial charge in [-0.1, -0.05) is 36.5 Å². The topological polar surface area (TPSA) is 101 Å². The highest BCUT2D eigenvalue weighted by Gasteiger charge is 2.26. The van der Waals surface area contributed by atoms with Crippen LogP contribution in [0.5, 0.6) is 0 Å². The molecule has 3 aromatic rings. The zero-order valence-electron chi connectivity index (χ0n) is 17.8. The first kappa shape index (κ1) is 23.5. The maximum Gasteiger partial charge on any atom is 0.261 e. The Morgan fingerprint density at radius 1 is 1.32 bits per heavy atom. The van der Waals surface area contributed by atoms with E-state index in [1.165, 1.54) is 11.9 Å². The van der Waals surface area contributed by atoms with E-state index in [2.05, 4.69) is 9.87 Å². The molecule has 0 spiro atoms. The van der Waals surface area contributed by atoms with Crippen LogP contribution in [0.4, 0.5) is 5.69 Å². The van der Waals surface area contributed by atoms with Crippen molar-refractivity contribution in [2.75, 3.05) is 17.2 Å². The zero-order valence-corrected chi connectivity index (χ0v) is 19.4. The van der Waals surface area contributed by atoms with Crippen LogP contribution in [-0.4, -0.2) is 37.8 Å². The van der Waals surface area contributed by atoms with Gasteiger partial charge in [0.2, 0.25) is 0 Å². The molecule has 0 amide bonds. The third-order valence-electron chi connectivity index (χ3n) is 5.13. The van der Waals surface area contributed by atoms with Crippen molar-refractivity contribution < 1.29 is 15.3 Å². The molecule has 31 heavy (non-hydrogen) atoms. The van der Waals surface area contributed by atoms with Crippen molar-refractivity contribution in [1.82, 2.24) is 14.5 Å². The molecule has 0 saturated heterocycles. The molecule has 10 heteroatoms. The van der Waals surface area contributed by atoms with Crippen molar-refractivity contribution in [1.29, 1.82) is 0 Å². The second-order valence-electron chi connectivity index (χ2n) is 7.08. The van der Waals surface area contributed by atoms with Crippen molar-refractivity contribution in [2.45, 2.75) is 32.9 Å². The highest BCUT2D eigenvalue weighted by atomic mass is 35.5. The minimum atomic E-state index is -0.540. The van der Waals surface area contributed by atoms with Gasteiger partial charge in [0.15, 0.2) is 0 Å². The fourth-order valence-electron chi connectivity index (χ4n) is 3.69. The summed E-state index contributed by atoms with van der Waals surface area (Å²) in [6.07, 6.45) is 2.47. The van der Waals surface area contributed by atoms with E-state index in [0.717, 1.165) is 11.1 Å². The standard InChI is InChI=1S/C21H25ClN4O4S/c1-5-19-24-20-13(8-12(2)9-14(20)21(28)25(19)3)17(10-27)26(31-4)16-6-7-18(22)23-15(16)11-30-29/h6-9,17,27,29H,5,10-11H2,1-4H3. The molecule has 0 aliphatic carbocycles. The number of aliphatic hydroxyl groups excluding tert-OH is 1. The molecule has 1 aromatic carbocycles. The number of rotatable bonds is 8. The van der Waals surface area contributed by atoms with Gasteiger partial charge in [-0.05, 0) is 30.7 Å². The molecule has 0 fully saturated rings. The second-order valence-corrected chi connectivity index (χ2v) is 8.22. The molecular weight excluding hydrogens is 440 g/mol. The van der Waals surface area contributed by atoms with E-state index in [1.807, 2.05) is 36.5 Å². The average Bonchev–Trinajstić information content (AvgIpc) is 2.75. The van der Waals surface area contributed by atoms with Crippen LogP contribution in [0.15, 0.2) is 29.1 Å². The van der Waals surface area contributed by atoms with Crippen LogP contribution in [0.25, 0.3) is 10.9 Å². The first-order valence-corrected chi connectivity index (χ1v) is 11.3. The quantitative estimate of drug-likeness (QED) is 0.225. The number of aryl methyl sites for hydroxylation is 2. The summed E-state index contributed by atoms with van der Waals surface area (Å²) >= 11 is 7.40. The van der Waals surface area contributed by atoms with Crippen LogP contribution >= 0.6 is 23.5 Å². The predicted molar refractivity (Wildman–Crippen MR) is 124 cm³/mol. The minimum absolute atomic E-state index is 0.123. The summed E-state index contributed by atoms with van der Waals surface area (Å²) in [5, 5.41) is 20.2. The predicted octanol–water partition coefficient (Wildman–Crippen LogP) is 3.66. The number of hydrogen-bond acceptors (Lipinski definition) is 8. The summed E-state index contributed by atoms with van der Waals surface area (Å²) in [5.74, 6) is 0.664. The lowest BCUT2D eigenvalue weighted by Gasteiger charge is -2.32. The van der Waals surface area contributed by atoms with E-state index >= 15 is 0 Å². The van der Waals surface area contributed by atoms with Crippen LogP contribution in [0.3, 0.4) is 0 Å². The maximum absolute atomic E-state index is 13.0. The monoisotopic (exact) mass is 464 g/mol. The van der Waals surface area contributed by atoms with E-state index in [1.54, 1.807) is 23.7 Å². The first-order chi connectivity index (χ1) is 14.9. The Balaban J connectivity index is 2.26. The average molecular weight is 465 g/mol. The SMILES string of the molecule is CCc1nc2c(C(CO)N(SC)c3ccc(Cl)nc3COO)cc(C)cc2c(=O)n1C. The summed E-state index contributed by atoms with van der Waals surface area (Å²) in [7, 11) is 1.72. The zero-order chi connectivity index (χ0) is 22.7. The fraction of sp³-hybridized carbons (Fsp3) is 0.381. The van der Waals surface area contributed by atoms with Gasteiger partial charge in [0.25, 0.3) is 5.56 Å². The highest BCUT2D eigenvalue weighted by molar-refractivity contribution is 8.00. The van der Waals surface area contributed by atoms with E-state index in [4.69, 9.17) is 21.8 Å². The molecule has 0 aliphatic heterocycles. The number of pyridine rings is 1. The Kier molecular flexibility index (Phi) is 7.55. The minimum Gasteiger partial charge on any atom is -0.394 e. The van der Waals surface area contributed by atoms with Crippen molar-refractivity contribution in [3.63, 3.8) is 0 Å². The largest absolute Gasteiger partial charge is 0.394 e. The smallest absolute Gasteiger partial charge is 0.261 e. The molecule has 2 aromatic heterocycles. The number of aliphatic hydroxyl groups is 1. The van der Waals surface area contributed by atoms with Crippen molar-refractivity contribution in [2.24, 2.45) is 7.05 Å². The highest BCUT2D eigenvalue weighted by Crippen LogP contribution is 2.37. The molecule has 1 unspecified atom stereocenters. The maximum atomic E-state index is 13.0. The molecule has 3 rings (SSSR count). The van der Waals surface area contributed by atoms with Crippen LogP contribution in [0.2, 0.25) is 5.15 Å². The molecule has 1 atom stereocenters. The molecule has 0 bridgehead atoms. The number of halogens is 1. The van der Waals surface area contributed by atoms with E-state index in [0.29, 0.717) is 34.5 Å². The summed E-state index contributed by atoms with van der Waals surface area (Å²) in [6.45, 7) is 3.45. The van der Waals surface area contributed by atoms with Gasteiger partial charge in [0, 0.05) is 25.3 Å². The number of hydrogen-bond donors (Lipinski definition) is 2. The van der Waals surface area contributed by atoms with Crippen molar-refractivity contribution in [3.05, 3.63) is 62.4 Å². The third kappa shape index (κ3) is 4.56. The lowest BCUT2D eigenvalue weighted by molar-refractivity contribution is -0.253. The molecule has 166 valence electrons. The Morgan fingerprint density at radius 2 is 2.06 bits per heavy atom. The van der Waals surface area contributed by atoms with Gasteiger partial charge < -0.3 is 9.41 Å². The van der Waals surface area contributed by atoms with Crippen LogP contribution < -0.4 is 9.86 Å². The third-order valence-corrected chi connectivity index (χ3v) is 6.18. The summed E-state index contributed by atoms with van der Waals surface area (Å²) in [4.78, 5) is 26.3. The second kappa shape index (κ2) is 9.97. The van der Waals surface area contributed by atoms with E-state index < -0.39 is 6.04 Å². The normalized spacial score (nSPS) is 12.4. The summed E-state index contributed by atoms with van der Waals surface area (Å²) < 4.78 is 3.42. The molecule has 0 aliphatic rings. The van der Waals surface area contributed by atoms with Gasteiger partial charge in [-0.25, -0.2) is 14.9 Å². The van der Waals surface area contributed by atoms with Crippen LogP contribution in [-0.2, 0) is 25.0 Å². The Bertz CT molecular complexity index is 1150. The van der Waals surface area contributed by atoms with Gasteiger partial charge in [-0.2, -0.15) is 0 Å². The molecule has 8 nitrogen and oxygen atoms in total. The molecule has 2 heterocycles. The van der Waals surface area contributed by atoms with Gasteiger partial charge >= 0.3 is 0 Å². The van der Waals surface area contributed by atoms with Crippen molar-refractivity contribution >= 4 is 40.1 Å². The molecule has 0 saturated carbocycles. The van der Waals surface area contributed by atoms with E-state index in [-0.39, 0.29) is 23.9 Å². The van der Waals surface area contributed by atoms with Gasteiger partial charge in [0.1, 0.15) is 17.6 Å². The van der Waals surface area contributed by atoms with Crippen LogP contribution in [0, 0.1) is 6.92 Å². The first-order valence-electron chi connectivity index (χ1n) is 9.72. The summed E-state index contributed by atoms with van der Waals surface area (Å²) in [6, 6.07) is 6.60. The lowest BCUT2D eigenvalue weighted by Crippen LogP contribution is -2.28. The molecule has 2 N–H and O–H groups in total. The number of aromatic nitrogens is 3. The number of fused-ring (bicyclic) bond motifs is 1. The fourth-order valence-corrected chi connectivity index (χ4v) is 4.66. The van der Waals surface area contributed by atoms with Crippen LogP contribution in [0.1, 0.15) is 35.6 Å². The number of nitrogens with zero attached hydrogens (tertiary/aromatic N) is 4. The van der Waals surface area contributed by atoms with Gasteiger partial charge in [-0.15, -0.1) is 0 Å². The van der Waals surface area contributed by atoms with Crippen molar-refractivity contribution in [3.8, 4) is 0 Å². The molecule has 0 radical (unpaired) electrons. The van der Waals surface area contributed by atoms with Gasteiger partial charge in [-0.3, -0.25) is 14.6 Å².